The van der Waals surface area contributed by atoms with Gasteiger partial charge in [0.15, 0.2) is 5.78 Å². The summed E-state index contributed by atoms with van der Waals surface area (Å²) >= 11 is 0. The summed E-state index contributed by atoms with van der Waals surface area (Å²) in [5.41, 5.74) is -0.316. The van der Waals surface area contributed by atoms with E-state index >= 15 is 0 Å². The standard InChI is InChI=1S/C19H15NO5/c1-24-13-8-6-12(7-9-13)20-11-10-15(21)17-18(22)14-4-2-3-5-16(14)25-19(17)23/h2-11,20,22H,1H3/b11-10+. The fourth-order valence-corrected chi connectivity index (χ4v) is 2.33. The first kappa shape index (κ1) is 16.3. The molecule has 0 fully saturated rings. The quantitative estimate of drug-likeness (QED) is 0.422. The molecule has 1 heterocycles. The maximum absolute atomic E-state index is 12.3. The number of ether oxygens (including phenoxy) is 1. The molecule has 0 unspecified atom stereocenters. The molecular formula is C19H15NO5. The number of anilines is 1. The van der Waals surface area contributed by atoms with E-state index < -0.39 is 17.0 Å². The lowest BCUT2D eigenvalue weighted by molar-refractivity contribution is 0.104. The van der Waals surface area contributed by atoms with E-state index in [4.69, 9.17) is 9.15 Å². The Morgan fingerprint density at radius 2 is 1.88 bits per heavy atom. The van der Waals surface area contributed by atoms with Crippen molar-refractivity contribution in [2.75, 3.05) is 12.4 Å². The van der Waals surface area contributed by atoms with Gasteiger partial charge in [-0.05, 0) is 36.4 Å². The van der Waals surface area contributed by atoms with E-state index in [0.717, 1.165) is 11.8 Å². The molecule has 0 spiro atoms. The van der Waals surface area contributed by atoms with Gasteiger partial charge in [0, 0.05) is 18.0 Å². The SMILES string of the molecule is COc1ccc(N/C=C/C(=O)c2c(O)c3ccccc3oc2=O)cc1. The number of aromatic hydroxyl groups is 1. The first-order valence-corrected chi connectivity index (χ1v) is 7.46. The number of methoxy groups -OCH3 is 1. The zero-order chi connectivity index (χ0) is 17.8. The molecular weight excluding hydrogens is 322 g/mol. The molecule has 0 aliphatic carbocycles. The number of carbonyl (C=O) groups is 1. The Labute approximate surface area is 143 Å². The molecule has 6 nitrogen and oxygen atoms in total. The summed E-state index contributed by atoms with van der Waals surface area (Å²) in [6, 6.07) is 13.5. The average molecular weight is 337 g/mol. The topological polar surface area (TPSA) is 88.8 Å². The fourth-order valence-electron chi connectivity index (χ4n) is 2.33. The van der Waals surface area contributed by atoms with Gasteiger partial charge in [-0.25, -0.2) is 4.79 Å². The number of hydrogen-bond acceptors (Lipinski definition) is 6. The van der Waals surface area contributed by atoms with Crippen molar-refractivity contribution in [2.24, 2.45) is 0 Å². The Hall–Kier alpha value is -3.54. The van der Waals surface area contributed by atoms with Gasteiger partial charge in [0.1, 0.15) is 22.6 Å². The van der Waals surface area contributed by atoms with E-state index in [2.05, 4.69) is 5.32 Å². The van der Waals surface area contributed by atoms with Crippen molar-refractivity contribution >= 4 is 22.4 Å². The zero-order valence-corrected chi connectivity index (χ0v) is 13.4. The van der Waals surface area contributed by atoms with Gasteiger partial charge in [0.05, 0.1) is 12.5 Å². The first-order chi connectivity index (χ1) is 12.1. The van der Waals surface area contributed by atoms with Crippen LogP contribution in [0.4, 0.5) is 5.69 Å². The lowest BCUT2D eigenvalue weighted by atomic mass is 10.1. The maximum Gasteiger partial charge on any atom is 0.351 e. The summed E-state index contributed by atoms with van der Waals surface area (Å²) in [5.74, 6) is -0.326. The van der Waals surface area contributed by atoms with E-state index in [9.17, 15) is 14.7 Å². The Morgan fingerprint density at radius 1 is 1.16 bits per heavy atom. The summed E-state index contributed by atoms with van der Waals surface area (Å²) in [5, 5.41) is 13.4. The number of allylic oxidation sites excluding steroid dienone is 1. The van der Waals surface area contributed by atoms with E-state index in [-0.39, 0.29) is 11.3 Å². The van der Waals surface area contributed by atoms with Gasteiger partial charge in [0.2, 0.25) is 0 Å². The van der Waals surface area contributed by atoms with E-state index in [0.29, 0.717) is 11.1 Å². The molecule has 6 heteroatoms. The molecule has 0 aliphatic rings. The lowest BCUT2D eigenvalue weighted by Crippen LogP contribution is -2.13. The normalized spacial score (nSPS) is 10.9. The Morgan fingerprint density at radius 3 is 2.60 bits per heavy atom. The number of benzene rings is 2. The van der Waals surface area contributed by atoms with Crippen molar-refractivity contribution in [1.29, 1.82) is 0 Å². The smallest absolute Gasteiger partial charge is 0.351 e. The highest BCUT2D eigenvalue weighted by Crippen LogP contribution is 2.26. The minimum Gasteiger partial charge on any atom is -0.506 e. The second kappa shape index (κ2) is 6.92. The van der Waals surface area contributed by atoms with Gasteiger partial charge < -0.3 is 19.6 Å². The molecule has 0 saturated carbocycles. The largest absolute Gasteiger partial charge is 0.506 e. The molecule has 3 aromatic rings. The van der Waals surface area contributed by atoms with Crippen LogP contribution in [0.25, 0.3) is 11.0 Å². The highest BCUT2D eigenvalue weighted by molar-refractivity contribution is 6.09. The zero-order valence-electron chi connectivity index (χ0n) is 13.4. The minimum atomic E-state index is -0.879. The Kier molecular flexibility index (Phi) is 4.52. The summed E-state index contributed by atoms with van der Waals surface area (Å²) in [6.45, 7) is 0. The first-order valence-electron chi connectivity index (χ1n) is 7.46. The fraction of sp³-hybridized carbons (Fsp3) is 0.0526. The van der Waals surface area contributed by atoms with Crippen LogP contribution in [-0.2, 0) is 0 Å². The molecule has 0 amide bonds. The van der Waals surface area contributed by atoms with E-state index in [1.54, 1.807) is 55.6 Å². The molecule has 0 bridgehead atoms. The summed E-state index contributed by atoms with van der Waals surface area (Å²) in [6.07, 6.45) is 2.54. The molecule has 2 N–H and O–H groups in total. The molecule has 0 aliphatic heterocycles. The number of para-hydroxylation sites is 1. The van der Waals surface area contributed by atoms with Crippen LogP contribution >= 0.6 is 0 Å². The van der Waals surface area contributed by atoms with Gasteiger partial charge in [-0.15, -0.1) is 0 Å². The van der Waals surface area contributed by atoms with Crippen LogP contribution in [0.15, 0.2) is 70.0 Å². The number of carbonyl (C=O) groups excluding carboxylic acids is 1. The van der Waals surface area contributed by atoms with Crippen LogP contribution in [0.1, 0.15) is 10.4 Å². The maximum atomic E-state index is 12.3. The minimum absolute atomic E-state index is 0.224. The highest BCUT2D eigenvalue weighted by atomic mass is 16.5. The van der Waals surface area contributed by atoms with Crippen LogP contribution < -0.4 is 15.7 Å². The van der Waals surface area contributed by atoms with Crippen LogP contribution in [0.2, 0.25) is 0 Å². The lowest BCUT2D eigenvalue weighted by Gasteiger charge is -2.04. The summed E-state index contributed by atoms with van der Waals surface area (Å²) in [4.78, 5) is 24.2. The third-order valence-corrected chi connectivity index (χ3v) is 3.61. The van der Waals surface area contributed by atoms with Crippen molar-refractivity contribution in [3.05, 3.63) is 76.8 Å². The van der Waals surface area contributed by atoms with Gasteiger partial charge in [-0.1, -0.05) is 12.1 Å². The number of rotatable bonds is 5. The third kappa shape index (κ3) is 3.37. The predicted molar refractivity (Wildman–Crippen MR) is 94.2 cm³/mol. The van der Waals surface area contributed by atoms with Gasteiger partial charge in [-0.2, -0.15) is 0 Å². The number of ketones is 1. The molecule has 1 aromatic heterocycles. The number of hydrogen-bond donors (Lipinski definition) is 2. The van der Waals surface area contributed by atoms with Crippen molar-refractivity contribution < 1.29 is 19.1 Å². The average Bonchev–Trinajstić information content (AvgIpc) is 2.62. The highest BCUT2D eigenvalue weighted by Gasteiger charge is 2.18. The number of fused-ring (bicyclic) bond motifs is 1. The van der Waals surface area contributed by atoms with Crippen molar-refractivity contribution in [1.82, 2.24) is 0 Å². The Bertz CT molecular complexity index is 1000. The summed E-state index contributed by atoms with van der Waals surface area (Å²) in [7, 11) is 1.57. The third-order valence-electron chi connectivity index (χ3n) is 3.61. The second-order valence-corrected chi connectivity index (χ2v) is 5.18. The van der Waals surface area contributed by atoms with Crippen LogP contribution in [0.5, 0.6) is 11.5 Å². The molecule has 2 aromatic carbocycles. The summed E-state index contributed by atoms with van der Waals surface area (Å²) < 4.78 is 10.1. The van der Waals surface area contributed by atoms with Crippen molar-refractivity contribution in [3.63, 3.8) is 0 Å². The van der Waals surface area contributed by atoms with E-state index in [1.165, 1.54) is 6.20 Å². The van der Waals surface area contributed by atoms with Crippen LogP contribution in [0.3, 0.4) is 0 Å². The van der Waals surface area contributed by atoms with Gasteiger partial charge in [-0.3, -0.25) is 4.79 Å². The van der Waals surface area contributed by atoms with Gasteiger partial charge in [0.25, 0.3) is 0 Å². The van der Waals surface area contributed by atoms with E-state index in [1.807, 2.05) is 0 Å². The predicted octanol–water partition coefficient (Wildman–Crippen LogP) is 3.32. The monoisotopic (exact) mass is 337 g/mol. The number of nitrogens with one attached hydrogen (secondary N) is 1. The Balaban J connectivity index is 1.83. The molecule has 3 rings (SSSR count). The van der Waals surface area contributed by atoms with Crippen molar-refractivity contribution in [3.8, 4) is 11.5 Å². The molecule has 0 saturated heterocycles. The molecule has 0 atom stereocenters. The molecule has 126 valence electrons. The van der Waals surface area contributed by atoms with Gasteiger partial charge >= 0.3 is 5.63 Å². The molecule has 0 radical (unpaired) electrons. The second-order valence-electron chi connectivity index (χ2n) is 5.18. The van der Waals surface area contributed by atoms with Crippen LogP contribution in [0, 0.1) is 0 Å². The van der Waals surface area contributed by atoms with Crippen LogP contribution in [-0.4, -0.2) is 18.0 Å². The molecule has 25 heavy (non-hydrogen) atoms. The van der Waals surface area contributed by atoms with Crippen molar-refractivity contribution in [2.45, 2.75) is 0 Å².